The number of amides is 2. The minimum Gasteiger partial charge on any atom is -0.487 e. The molecule has 0 aromatic heterocycles. The molecule has 182 valence electrons. The van der Waals surface area contributed by atoms with Crippen molar-refractivity contribution in [3.63, 3.8) is 0 Å². The smallest absolute Gasteiger partial charge is 0.257 e. The molecule has 1 saturated carbocycles. The van der Waals surface area contributed by atoms with E-state index in [9.17, 15) is 9.59 Å². The summed E-state index contributed by atoms with van der Waals surface area (Å²) in [4.78, 5) is 33.0. The van der Waals surface area contributed by atoms with Gasteiger partial charge in [0.15, 0.2) is 0 Å². The second-order valence-electron chi connectivity index (χ2n) is 10.1. The summed E-state index contributed by atoms with van der Waals surface area (Å²) >= 11 is 0. The van der Waals surface area contributed by atoms with Crippen molar-refractivity contribution in [1.29, 1.82) is 0 Å². The first-order valence-electron chi connectivity index (χ1n) is 13.2. The maximum Gasteiger partial charge on any atom is 0.257 e. The van der Waals surface area contributed by atoms with E-state index < -0.39 is 0 Å². The van der Waals surface area contributed by atoms with Crippen molar-refractivity contribution < 1.29 is 14.3 Å². The summed E-state index contributed by atoms with van der Waals surface area (Å²) in [7, 11) is 1.88. The Morgan fingerprint density at radius 2 is 1.55 bits per heavy atom. The van der Waals surface area contributed by atoms with E-state index >= 15 is 0 Å². The third kappa shape index (κ3) is 6.28. The normalized spacial score (nSPS) is 26.0. The first-order chi connectivity index (χ1) is 16.1. The van der Waals surface area contributed by atoms with Crippen LogP contribution in [-0.4, -0.2) is 78.4 Å². The van der Waals surface area contributed by atoms with Gasteiger partial charge in [0, 0.05) is 20.1 Å². The van der Waals surface area contributed by atoms with Crippen LogP contribution in [0.5, 0.6) is 5.75 Å². The van der Waals surface area contributed by atoms with E-state index in [2.05, 4.69) is 9.80 Å². The standard InChI is InChI=1S/C27H41N3O3/c1-28-17-9-2-3-12-20-30(26(31)21-29-18-10-4-11-19-29)23-14-6-8-16-25(23)33-24-15-7-5-13-22(24)27(28)32/h5,7,13,15,23,25H,2-4,6,8-12,14,16-21H2,1H3/t23-,25+/m1/s1. The molecule has 1 aromatic carbocycles. The predicted molar refractivity (Wildman–Crippen MR) is 131 cm³/mol. The lowest BCUT2D eigenvalue weighted by Crippen LogP contribution is -2.53. The first kappa shape index (κ1) is 24.1. The number of hydrogen-bond acceptors (Lipinski definition) is 4. The highest BCUT2D eigenvalue weighted by Gasteiger charge is 2.35. The fourth-order valence-electron chi connectivity index (χ4n) is 5.65. The van der Waals surface area contributed by atoms with Gasteiger partial charge in [-0.1, -0.05) is 37.8 Å². The lowest BCUT2D eigenvalue weighted by atomic mass is 9.90. The van der Waals surface area contributed by atoms with E-state index in [0.717, 1.165) is 77.5 Å². The maximum absolute atomic E-state index is 13.6. The highest BCUT2D eigenvalue weighted by Crippen LogP contribution is 2.30. The molecule has 2 amide bonds. The molecule has 0 unspecified atom stereocenters. The molecule has 1 aromatic rings. The van der Waals surface area contributed by atoms with Gasteiger partial charge in [0.05, 0.1) is 18.2 Å². The largest absolute Gasteiger partial charge is 0.487 e. The number of ether oxygens (including phenoxy) is 1. The SMILES string of the molecule is CN1CCCCCCN(C(=O)CN2CCCCC2)[C@@H]2CCCC[C@@H]2Oc2ccccc2C1=O. The van der Waals surface area contributed by atoms with Crippen LogP contribution >= 0.6 is 0 Å². The van der Waals surface area contributed by atoms with Crippen molar-refractivity contribution in [2.24, 2.45) is 0 Å². The molecule has 1 saturated heterocycles. The molecule has 6 nitrogen and oxygen atoms in total. The molecule has 2 heterocycles. The summed E-state index contributed by atoms with van der Waals surface area (Å²) in [6.07, 6.45) is 11.9. The lowest BCUT2D eigenvalue weighted by Gasteiger charge is -2.41. The second kappa shape index (κ2) is 11.9. The molecule has 33 heavy (non-hydrogen) atoms. The highest BCUT2D eigenvalue weighted by molar-refractivity contribution is 5.96. The zero-order valence-corrected chi connectivity index (χ0v) is 20.3. The van der Waals surface area contributed by atoms with Crippen LogP contribution in [-0.2, 0) is 4.79 Å². The molecule has 6 heteroatoms. The van der Waals surface area contributed by atoms with Gasteiger partial charge in [-0.2, -0.15) is 0 Å². The van der Waals surface area contributed by atoms with Crippen molar-refractivity contribution in [1.82, 2.24) is 14.7 Å². The van der Waals surface area contributed by atoms with Crippen molar-refractivity contribution in [2.75, 3.05) is 39.8 Å². The van der Waals surface area contributed by atoms with Gasteiger partial charge >= 0.3 is 0 Å². The minimum absolute atomic E-state index is 0.0213. The van der Waals surface area contributed by atoms with Gasteiger partial charge in [-0.15, -0.1) is 0 Å². The van der Waals surface area contributed by atoms with Crippen LogP contribution in [0.2, 0.25) is 0 Å². The summed E-state index contributed by atoms with van der Waals surface area (Å²) in [5.74, 6) is 0.938. The Kier molecular flexibility index (Phi) is 8.65. The molecule has 0 spiro atoms. The van der Waals surface area contributed by atoms with Crippen molar-refractivity contribution in [2.45, 2.75) is 82.8 Å². The molecule has 2 fully saturated rings. The van der Waals surface area contributed by atoms with Crippen LogP contribution < -0.4 is 4.74 Å². The number of benzene rings is 1. The highest BCUT2D eigenvalue weighted by atomic mass is 16.5. The molecule has 0 radical (unpaired) electrons. The predicted octanol–water partition coefficient (Wildman–Crippen LogP) is 4.34. The third-order valence-corrected chi connectivity index (χ3v) is 7.58. The Labute approximate surface area is 199 Å². The van der Waals surface area contributed by atoms with Gasteiger partial charge in [0.25, 0.3) is 5.91 Å². The number of carbonyl (C=O) groups excluding carboxylic acids is 2. The minimum atomic E-state index is -0.0637. The molecule has 1 aliphatic carbocycles. The van der Waals surface area contributed by atoms with Crippen molar-refractivity contribution in [3.8, 4) is 5.75 Å². The van der Waals surface area contributed by atoms with E-state index in [1.165, 1.54) is 19.3 Å². The Hall–Kier alpha value is -2.08. The van der Waals surface area contributed by atoms with Gasteiger partial charge < -0.3 is 14.5 Å². The second-order valence-corrected chi connectivity index (χ2v) is 10.1. The zero-order chi connectivity index (χ0) is 23.0. The van der Waals surface area contributed by atoms with Crippen molar-refractivity contribution in [3.05, 3.63) is 29.8 Å². The van der Waals surface area contributed by atoms with Crippen LogP contribution in [0.15, 0.2) is 24.3 Å². The summed E-state index contributed by atoms with van der Waals surface area (Å²) in [5.41, 5.74) is 0.632. The van der Waals surface area contributed by atoms with Crippen LogP contribution in [0.4, 0.5) is 0 Å². The number of piperidine rings is 1. The van der Waals surface area contributed by atoms with Gasteiger partial charge in [-0.3, -0.25) is 14.5 Å². The molecule has 3 aliphatic rings. The average Bonchev–Trinajstić information content (AvgIpc) is 2.84. The van der Waals surface area contributed by atoms with Crippen molar-refractivity contribution >= 4 is 11.8 Å². The van der Waals surface area contributed by atoms with E-state index in [0.29, 0.717) is 17.9 Å². The van der Waals surface area contributed by atoms with Gasteiger partial charge in [0.1, 0.15) is 11.9 Å². The lowest BCUT2D eigenvalue weighted by molar-refractivity contribution is -0.138. The summed E-state index contributed by atoms with van der Waals surface area (Å²) < 4.78 is 6.58. The van der Waals surface area contributed by atoms with E-state index in [-0.39, 0.29) is 24.0 Å². The van der Waals surface area contributed by atoms with Crippen LogP contribution in [0.3, 0.4) is 0 Å². The van der Waals surface area contributed by atoms with E-state index in [1.54, 1.807) is 0 Å². The number of para-hydroxylation sites is 1. The topological polar surface area (TPSA) is 53.1 Å². The molecule has 0 bridgehead atoms. The molecular formula is C27H41N3O3. The fraction of sp³-hybridized carbons (Fsp3) is 0.704. The Morgan fingerprint density at radius 3 is 2.36 bits per heavy atom. The van der Waals surface area contributed by atoms with Crippen LogP contribution in [0.1, 0.15) is 81.0 Å². The van der Waals surface area contributed by atoms with Gasteiger partial charge in [-0.05, 0) is 70.2 Å². The number of nitrogens with zero attached hydrogens (tertiary/aromatic N) is 3. The van der Waals surface area contributed by atoms with Gasteiger partial charge in [0.2, 0.25) is 5.91 Å². The molecule has 0 N–H and O–H groups in total. The summed E-state index contributed by atoms with van der Waals surface area (Å²) in [6, 6.07) is 7.71. The fourth-order valence-corrected chi connectivity index (χ4v) is 5.65. The molecule has 4 rings (SSSR count). The number of carbonyl (C=O) groups is 2. The van der Waals surface area contributed by atoms with Gasteiger partial charge in [-0.25, -0.2) is 0 Å². The van der Waals surface area contributed by atoms with Crippen LogP contribution in [0.25, 0.3) is 0 Å². The number of likely N-dealkylation sites (tertiary alicyclic amines) is 1. The quantitative estimate of drug-likeness (QED) is 0.666. The van der Waals surface area contributed by atoms with E-state index in [4.69, 9.17) is 4.74 Å². The Bertz CT molecular complexity index is 793. The Balaban J connectivity index is 1.58. The molecule has 2 atom stereocenters. The monoisotopic (exact) mass is 455 g/mol. The average molecular weight is 456 g/mol. The number of rotatable bonds is 2. The first-order valence-corrected chi connectivity index (χ1v) is 13.2. The summed E-state index contributed by atoms with van der Waals surface area (Å²) in [6.45, 7) is 4.16. The third-order valence-electron chi connectivity index (χ3n) is 7.58. The molecular weight excluding hydrogens is 414 g/mol. The van der Waals surface area contributed by atoms with Crippen LogP contribution in [0, 0.1) is 0 Å². The maximum atomic E-state index is 13.6. The molecule has 2 aliphatic heterocycles. The number of hydrogen-bond donors (Lipinski definition) is 0. The number of fused-ring (bicyclic) bond motifs is 2. The summed E-state index contributed by atoms with van der Waals surface area (Å²) in [5, 5.41) is 0. The Morgan fingerprint density at radius 1 is 0.879 bits per heavy atom. The van der Waals surface area contributed by atoms with E-state index in [1.807, 2.05) is 36.2 Å². The zero-order valence-electron chi connectivity index (χ0n) is 20.3.